The summed E-state index contributed by atoms with van der Waals surface area (Å²) in [7, 11) is 0. The highest BCUT2D eigenvalue weighted by Crippen LogP contribution is 2.29. The molecule has 2 unspecified atom stereocenters. The minimum atomic E-state index is 0.0534. The molecule has 0 spiro atoms. The van der Waals surface area contributed by atoms with Crippen LogP contribution in [0.5, 0.6) is 0 Å². The van der Waals surface area contributed by atoms with E-state index in [0.717, 1.165) is 32.1 Å². The number of aryl methyl sites for hydroxylation is 1. The van der Waals surface area contributed by atoms with Crippen molar-refractivity contribution in [1.82, 2.24) is 5.32 Å². The zero-order valence-corrected chi connectivity index (χ0v) is 11.7. The lowest BCUT2D eigenvalue weighted by atomic mass is 9.87. The summed E-state index contributed by atoms with van der Waals surface area (Å²) >= 11 is 0. The largest absolute Gasteiger partial charge is 0.349 e. The highest BCUT2D eigenvalue weighted by atomic mass is 16.1. The number of hydrogen-bond acceptors (Lipinski definition) is 2. The van der Waals surface area contributed by atoms with E-state index in [1.54, 1.807) is 0 Å². The highest BCUT2D eigenvalue weighted by Gasteiger charge is 2.23. The van der Waals surface area contributed by atoms with Gasteiger partial charge in [-0.3, -0.25) is 4.79 Å². The summed E-state index contributed by atoms with van der Waals surface area (Å²) in [4.78, 5) is 12.2. The van der Waals surface area contributed by atoms with E-state index < -0.39 is 0 Å². The summed E-state index contributed by atoms with van der Waals surface area (Å²) < 4.78 is 0. The fourth-order valence-electron chi connectivity index (χ4n) is 2.77. The van der Waals surface area contributed by atoms with Crippen molar-refractivity contribution in [3.63, 3.8) is 0 Å². The summed E-state index contributed by atoms with van der Waals surface area (Å²) in [6.07, 6.45) is 5.11. The van der Waals surface area contributed by atoms with Gasteiger partial charge in [0, 0.05) is 5.92 Å². The molecular weight excluding hydrogens is 236 g/mol. The first-order chi connectivity index (χ1) is 9.22. The lowest BCUT2D eigenvalue weighted by Gasteiger charge is -2.27. The van der Waals surface area contributed by atoms with E-state index >= 15 is 0 Å². The molecule has 0 bridgehead atoms. The Balaban J connectivity index is 1.98. The summed E-state index contributed by atoms with van der Waals surface area (Å²) in [5.41, 5.74) is 8.17. The van der Waals surface area contributed by atoms with Gasteiger partial charge in [-0.05, 0) is 49.8 Å². The Kier molecular flexibility index (Phi) is 4.97. The van der Waals surface area contributed by atoms with Crippen molar-refractivity contribution in [2.45, 2.75) is 45.1 Å². The summed E-state index contributed by atoms with van der Waals surface area (Å²) in [5, 5.41) is 3.20. The zero-order valence-electron chi connectivity index (χ0n) is 11.7. The van der Waals surface area contributed by atoms with Crippen molar-refractivity contribution in [3.05, 3.63) is 35.4 Å². The van der Waals surface area contributed by atoms with Crippen LogP contribution in [0.4, 0.5) is 0 Å². The predicted octanol–water partition coefficient (Wildman–Crippen LogP) is 2.56. The molecule has 2 rings (SSSR count). The SMILES string of the molecule is CC(CCCN)C(=O)NC1CCCc2ccccc21. The lowest BCUT2D eigenvalue weighted by molar-refractivity contribution is -0.125. The van der Waals surface area contributed by atoms with Crippen molar-refractivity contribution in [2.24, 2.45) is 11.7 Å². The van der Waals surface area contributed by atoms with Crippen LogP contribution >= 0.6 is 0 Å². The summed E-state index contributed by atoms with van der Waals surface area (Å²) in [5.74, 6) is 0.216. The van der Waals surface area contributed by atoms with Gasteiger partial charge in [-0.1, -0.05) is 31.2 Å². The molecule has 0 radical (unpaired) electrons. The molecular formula is C16H24N2O. The number of fused-ring (bicyclic) bond motifs is 1. The molecule has 1 aliphatic rings. The highest BCUT2D eigenvalue weighted by molar-refractivity contribution is 5.78. The number of benzene rings is 1. The number of nitrogens with one attached hydrogen (secondary N) is 1. The smallest absolute Gasteiger partial charge is 0.223 e. The monoisotopic (exact) mass is 260 g/mol. The van der Waals surface area contributed by atoms with Crippen LogP contribution < -0.4 is 11.1 Å². The van der Waals surface area contributed by atoms with Crippen LogP contribution in [0.2, 0.25) is 0 Å². The number of hydrogen-bond donors (Lipinski definition) is 2. The van der Waals surface area contributed by atoms with Gasteiger partial charge >= 0.3 is 0 Å². The Bertz CT molecular complexity index is 431. The van der Waals surface area contributed by atoms with Gasteiger partial charge < -0.3 is 11.1 Å². The van der Waals surface area contributed by atoms with Crippen LogP contribution in [-0.2, 0) is 11.2 Å². The lowest BCUT2D eigenvalue weighted by Crippen LogP contribution is -2.34. The number of nitrogens with two attached hydrogens (primary N) is 1. The van der Waals surface area contributed by atoms with Gasteiger partial charge in [0.25, 0.3) is 0 Å². The average Bonchev–Trinajstić information content (AvgIpc) is 2.45. The standard InChI is InChI=1S/C16H24N2O/c1-12(6-5-11-17)16(19)18-15-10-4-8-13-7-2-3-9-14(13)15/h2-3,7,9,12,15H,4-6,8,10-11,17H2,1H3,(H,18,19). The predicted molar refractivity (Wildman–Crippen MR) is 77.7 cm³/mol. The molecule has 1 aromatic carbocycles. The van der Waals surface area contributed by atoms with Gasteiger partial charge in [0.15, 0.2) is 0 Å². The van der Waals surface area contributed by atoms with E-state index in [1.807, 2.05) is 6.92 Å². The van der Waals surface area contributed by atoms with E-state index in [0.29, 0.717) is 6.54 Å². The fraction of sp³-hybridized carbons (Fsp3) is 0.562. The normalized spacial score (nSPS) is 19.6. The molecule has 0 aromatic heterocycles. The van der Waals surface area contributed by atoms with Crippen LogP contribution in [0.3, 0.4) is 0 Å². The first-order valence-electron chi connectivity index (χ1n) is 7.30. The molecule has 3 nitrogen and oxygen atoms in total. The molecule has 3 N–H and O–H groups in total. The number of rotatable bonds is 5. The Morgan fingerprint density at radius 2 is 2.26 bits per heavy atom. The Morgan fingerprint density at radius 1 is 1.47 bits per heavy atom. The first kappa shape index (κ1) is 14.1. The Morgan fingerprint density at radius 3 is 3.05 bits per heavy atom. The number of amides is 1. The summed E-state index contributed by atoms with van der Waals surface area (Å²) in [6, 6.07) is 8.64. The molecule has 1 aliphatic carbocycles. The Labute approximate surface area is 115 Å². The number of carbonyl (C=O) groups is 1. The van der Waals surface area contributed by atoms with Crippen molar-refractivity contribution in [1.29, 1.82) is 0 Å². The van der Waals surface area contributed by atoms with E-state index in [2.05, 4.69) is 29.6 Å². The Hall–Kier alpha value is -1.35. The molecule has 0 saturated heterocycles. The second-order valence-corrected chi connectivity index (χ2v) is 5.48. The second-order valence-electron chi connectivity index (χ2n) is 5.48. The van der Waals surface area contributed by atoms with Crippen molar-refractivity contribution in [2.75, 3.05) is 6.54 Å². The maximum Gasteiger partial charge on any atom is 0.223 e. The molecule has 0 aliphatic heterocycles. The van der Waals surface area contributed by atoms with Crippen molar-refractivity contribution >= 4 is 5.91 Å². The van der Waals surface area contributed by atoms with Crippen LogP contribution in [0.15, 0.2) is 24.3 Å². The van der Waals surface area contributed by atoms with Crippen LogP contribution in [-0.4, -0.2) is 12.5 Å². The van der Waals surface area contributed by atoms with Gasteiger partial charge in [-0.25, -0.2) is 0 Å². The molecule has 0 heterocycles. The third-order valence-electron chi connectivity index (χ3n) is 3.97. The molecule has 0 fully saturated rings. The third kappa shape index (κ3) is 3.57. The maximum atomic E-state index is 12.2. The van der Waals surface area contributed by atoms with Crippen LogP contribution in [0.25, 0.3) is 0 Å². The van der Waals surface area contributed by atoms with E-state index in [-0.39, 0.29) is 17.9 Å². The maximum absolute atomic E-state index is 12.2. The first-order valence-corrected chi connectivity index (χ1v) is 7.30. The van der Waals surface area contributed by atoms with Crippen LogP contribution in [0.1, 0.15) is 49.8 Å². The molecule has 3 heteroatoms. The molecule has 1 amide bonds. The average molecular weight is 260 g/mol. The molecule has 19 heavy (non-hydrogen) atoms. The summed E-state index contributed by atoms with van der Waals surface area (Å²) in [6.45, 7) is 2.64. The molecule has 104 valence electrons. The van der Waals surface area contributed by atoms with E-state index in [4.69, 9.17) is 5.73 Å². The van der Waals surface area contributed by atoms with Crippen molar-refractivity contribution < 1.29 is 4.79 Å². The third-order valence-corrected chi connectivity index (χ3v) is 3.97. The van der Waals surface area contributed by atoms with E-state index in [1.165, 1.54) is 11.1 Å². The second kappa shape index (κ2) is 6.71. The quantitative estimate of drug-likeness (QED) is 0.855. The van der Waals surface area contributed by atoms with E-state index in [9.17, 15) is 4.79 Å². The van der Waals surface area contributed by atoms with Gasteiger partial charge in [-0.15, -0.1) is 0 Å². The molecule has 2 atom stereocenters. The van der Waals surface area contributed by atoms with Crippen molar-refractivity contribution in [3.8, 4) is 0 Å². The topological polar surface area (TPSA) is 55.1 Å². The minimum absolute atomic E-state index is 0.0534. The number of carbonyl (C=O) groups excluding carboxylic acids is 1. The van der Waals surface area contributed by atoms with Gasteiger partial charge in [0.2, 0.25) is 5.91 Å². The zero-order chi connectivity index (χ0) is 13.7. The fourth-order valence-corrected chi connectivity index (χ4v) is 2.77. The van der Waals surface area contributed by atoms with Gasteiger partial charge in [-0.2, -0.15) is 0 Å². The van der Waals surface area contributed by atoms with Gasteiger partial charge in [0.1, 0.15) is 0 Å². The van der Waals surface area contributed by atoms with Gasteiger partial charge in [0.05, 0.1) is 6.04 Å². The van der Waals surface area contributed by atoms with Crippen LogP contribution in [0, 0.1) is 5.92 Å². The minimum Gasteiger partial charge on any atom is -0.349 e. The molecule has 1 aromatic rings. The molecule has 0 saturated carbocycles.